The molecule has 2 aliphatic carbocycles. The number of nitrogens with one attached hydrogen (secondary N) is 2. The van der Waals surface area contributed by atoms with Crippen LogP contribution in [0.15, 0.2) is 48.5 Å². The lowest BCUT2D eigenvalue weighted by molar-refractivity contribution is -0.147. The largest absolute Gasteiger partial charge is 0.479 e. The fraction of sp³-hybridized carbons (Fsp3) is 0.423. The second-order valence-electron chi connectivity index (χ2n) is 9.04. The van der Waals surface area contributed by atoms with Crippen LogP contribution in [0.3, 0.4) is 0 Å². The zero-order chi connectivity index (χ0) is 24.1. The van der Waals surface area contributed by atoms with Gasteiger partial charge in [-0.05, 0) is 47.4 Å². The molecule has 2 aliphatic rings. The molecule has 1 saturated carbocycles. The summed E-state index contributed by atoms with van der Waals surface area (Å²) in [5.41, 5.74) is 4.70. The van der Waals surface area contributed by atoms with Crippen LogP contribution in [0.4, 0.5) is 4.79 Å². The van der Waals surface area contributed by atoms with Crippen LogP contribution in [0.1, 0.15) is 49.1 Å². The summed E-state index contributed by atoms with van der Waals surface area (Å²) in [6.07, 6.45) is 0.649. The average Bonchev–Trinajstić information content (AvgIpc) is 3.39. The van der Waals surface area contributed by atoms with Gasteiger partial charge in [0.05, 0.1) is 0 Å². The molecule has 0 bridgehead atoms. The van der Waals surface area contributed by atoms with Gasteiger partial charge in [0, 0.05) is 31.3 Å². The highest BCUT2D eigenvalue weighted by Gasteiger charge is 2.31. The molecule has 2 aromatic rings. The number of carboxylic acids is 1. The summed E-state index contributed by atoms with van der Waals surface area (Å²) in [5.74, 6) is -1.32. The van der Waals surface area contributed by atoms with Crippen LogP contribution in [0.25, 0.3) is 11.1 Å². The molecule has 0 spiro atoms. The lowest BCUT2D eigenvalue weighted by Crippen LogP contribution is -2.34. The van der Waals surface area contributed by atoms with Crippen molar-refractivity contribution < 1.29 is 29.3 Å². The molecule has 2 amide bonds. The van der Waals surface area contributed by atoms with Crippen LogP contribution in [0.5, 0.6) is 0 Å². The first-order chi connectivity index (χ1) is 16.4. The second-order valence-corrected chi connectivity index (χ2v) is 9.04. The topological polar surface area (TPSA) is 125 Å². The van der Waals surface area contributed by atoms with E-state index in [0.717, 1.165) is 12.8 Å². The molecule has 0 aliphatic heterocycles. The minimum Gasteiger partial charge on any atom is -0.479 e. The number of alkyl carbamates (subject to hydrolysis) is 1. The van der Waals surface area contributed by atoms with E-state index in [4.69, 9.17) is 9.84 Å². The SMILES string of the molecule is O=C(CC1CCC(NC(=O)OCC2c3ccccc3-c3ccccc32)C1)NCC[C@H](O)C(=O)O. The van der Waals surface area contributed by atoms with Gasteiger partial charge in [-0.15, -0.1) is 0 Å². The monoisotopic (exact) mass is 466 g/mol. The van der Waals surface area contributed by atoms with Crippen LogP contribution in [0.2, 0.25) is 0 Å². The number of hydrogen-bond acceptors (Lipinski definition) is 5. The number of hydrogen-bond donors (Lipinski definition) is 4. The van der Waals surface area contributed by atoms with E-state index in [9.17, 15) is 19.5 Å². The van der Waals surface area contributed by atoms with E-state index in [-0.39, 0.29) is 43.4 Å². The molecule has 2 unspecified atom stereocenters. The fourth-order valence-corrected chi connectivity index (χ4v) is 5.00. The molecular formula is C26H30N2O6. The van der Waals surface area contributed by atoms with E-state index in [0.29, 0.717) is 12.8 Å². The number of aliphatic carboxylic acids is 1. The van der Waals surface area contributed by atoms with Crippen molar-refractivity contribution in [1.82, 2.24) is 10.6 Å². The highest BCUT2D eigenvalue weighted by molar-refractivity contribution is 5.79. The predicted octanol–water partition coefficient (Wildman–Crippen LogP) is 3.04. The minimum absolute atomic E-state index is 0.0119. The highest BCUT2D eigenvalue weighted by atomic mass is 16.5. The summed E-state index contributed by atoms with van der Waals surface area (Å²) >= 11 is 0. The number of amides is 2. The van der Waals surface area contributed by atoms with Crippen molar-refractivity contribution in [2.75, 3.05) is 13.2 Å². The molecule has 2 aromatic carbocycles. The van der Waals surface area contributed by atoms with Crippen molar-refractivity contribution in [3.05, 3.63) is 59.7 Å². The van der Waals surface area contributed by atoms with Crippen LogP contribution >= 0.6 is 0 Å². The zero-order valence-electron chi connectivity index (χ0n) is 18.9. The first-order valence-electron chi connectivity index (χ1n) is 11.7. The average molecular weight is 467 g/mol. The molecule has 4 N–H and O–H groups in total. The Morgan fingerprint density at radius 2 is 1.65 bits per heavy atom. The quantitative estimate of drug-likeness (QED) is 0.450. The van der Waals surface area contributed by atoms with E-state index in [1.54, 1.807) is 0 Å². The first kappa shape index (κ1) is 23.8. The number of rotatable bonds is 9. The Balaban J connectivity index is 1.21. The maximum Gasteiger partial charge on any atom is 0.407 e. The van der Waals surface area contributed by atoms with Crippen molar-refractivity contribution in [2.24, 2.45) is 5.92 Å². The Morgan fingerprint density at radius 1 is 1.00 bits per heavy atom. The molecule has 8 nitrogen and oxygen atoms in total. The number of ether oxygens (including phenoxy) is 1. The Kier molecular flexibility index (Phi) is 7.47. The predicted molar refractivity (Wildman–Crippen MR) is 125 cm³/mol. The molecule has 34 heavy (non-hydrogen) atoms. The summed E-state index contributed by atoms with van der Waals surface area (Å²) in [7, 11) is 0. The van der Waals surface area contributed by atoms with Crippen LogP contribution in [-0.2, 0) is 14.3 Å². The van der Waals surface area contributed by atoms with Gasteiger partial charge < -0.3 is 25.6 Å². The first-order valence-corrected chi connectivity index (χ1v) is 11.7. The van der Waals surface area contributed by atoms with Crippen LogP contribution < -0.4 is 10.6 Å². The van der Waals surface area contributed by atoms with Crippen LogP contribution in [0, 0.1) is 5.92 Å². The van der Waals surface area contributed by atoms with Crippen molar-refractivity contribution in [2.45, 2.75) is 50.2 Å². The molecule has 8 heteroatoms. The standard InChI is InChI=1S/C26H30N2O6/c29-23(25(31)32)11-12-27-24(30)14-16-9-10-17(13-16)28-26(33)34-15-22-20-7-3-1-5-18(20)19-6-2-4-8-21(19)22/h1-8,16-17,22-23,29H,9-15H2,(H,27,30)(H,28,33)(H,31,32)/t16?,17?,23-/m0/s1. The summed E-state index contributed by atoms with van der Waals surface area (Å²) < 4.78 is 5.61. The van der Waals surface area contributed by atoms with Gasteiger partial charge in [0.2, 0.25) is 5.91 Å². The van der Waals surface area contributed by atoms with Crippen LogP contribution in [-0.4, -0.2) is 53.5 Å². The van der Waals surface area contributed by atoms with E-state index < -0.39 is 18.2 Å². The lowest BCUT2D eigenvalue weighted by atomic mass is 9.98. The minimum atomic E-state index is -1.47. The van der Waals surface area contributed by atoms with Crippen molar-refractivity contribution in [3.63, 3.8) is 0 Å². The van der Waals surface area contributed by atoms with E-state index >= 15 is 0 Å². The molecule has 3 atom stereocenters. The molecule has 0 saturated heterocycles. The third-order valence-electron chi connectivity index (χ3n) is 6.71. The Bertz CT molecular complexity index is 1010. The number of carbonyl (C=O) groups excluding carboxylic acids is 2. The molecular weight excluding hydrogens is 436 g/mol. The molecule has 0 radical (unpaired) electrons. The molecule has 1 fully saturated rings. The number of aliphatic hydroxyl groups is 1. The smallest absolute Gasteiger partial charge is 0.407 e. The van der Waals surface area contributed by atoms with Crippen molar-refractivity contribution >= 4 is 18.0 Å². The van der Waals surface area contributed by atoms with Gasteiger partial charge in [0.1, 0.15) is 6.61 Å². The van der Waals surface area contributed by atoms with Crippen molar-refractivity contribution in [3.8, 4) is 11.1 Å². The summed E-state index contributed by atoms with van der Waals surface area (Å²) in [4.78, 5) is 35.2. The molecule has 0 aromatic heterocycles. The summed E-state index contributed by atoms with van der Waals surface area (Å²) in [6, 6.07) is 16.3. The number of benzene rings is 2. The fourth-order valence-electron chi connectivity index (χ4n) is 5.00. The molecule has 0 heterocycles. The van der Waals surface area contributed by atoms with Gasteiger partial charge in [-0.1, -0.05) is 48.5 Å². The number of carboxylic acid groups (broad SMARTS) is 1. The number of carbonyl (C=O) groups is 3. The van der Waals surface area contributed by atoms with Gasteiger partial charge in [-0.2, -0.15) is 0 Å². The van der Waals surface area contributed by atoms with Crippen molar-refractivity contribution in [1.29, 1.82) is 0 Å². The normalized spacial score (nSPS) is 19.7. The maximum atomic E-state index is 12.5. The third kappa shape index (κ3) is 5.56. The van der Waals surface area contributed by atoms with Gasteiger partial charge in [-0.25, -0.2) is 9.59 Å². The second kappa shape index (κ2) is 10.7. The number of fused-ring (bicyclic) bond motifs is 3. The molecule has 4 rings (SSSR count). The van der Waals surface area contributed by atoms with Gasteiger partial charge in [0.15, 0.2) is 6.10 Å². The Hall–Kier alpha value is -3.39. The van der Waals surface area contributed by atoms with E-state index in [2.05, 4.69) is 34.9 Å². The molecule has 180 valence electrons. The van der Waals surface area contributed by atoms with E-state index in [1.807, 2.05) is 24.3 Å². The highest BCUT2D eigenvalue weighted by Crippen LogP contribution is 2.44. The van der Waals surface area contributed by atoms with Gasteiger partial charge in [0.25, 0.3) is 0 Å². The summed E-state index contributed by atoms with van der Waals surface area (Å²) in [6.45, 7) is 0.376. The summed E-state index contributed by atoms with van der Waals surface area (Å²) in [5, 5.41) is 23.5. The maximum absolute atomic E-state index is 12.5. The lowest BCUT2D eigenvalue weighted by Gasteiger charge is -2.17. The third-order valence-corrected chi connectivity index (χ3v) is 6.71. The van der Waals surface area contributed by atoms with Gasteiger partial charge in [-0.3, -0.25) is 4.79 Å². The van der Waals surface area contributed by atoms with E-state index in [1.165, 1.54) is 22.3 Å². The zero-order valence-corrected chi connectivity index (χ0v) is 18.9. The Labute approximate surface area is 198 Å². The Morgan fingerprint density at radius 3 is 2.29 bits per heavy atom. The van der Waals surface area contributed by atoms with Gasteiger partial charge >= 0.3 is 12.1 Å². The number of aliphatic hydroxyl groups excluding tert-OH is 1.